The van der Waals surface area contributed by atoms with Crippen LogP contribution in [0.4, 0.5) is 0 Å². The Balaban J connectivity index is 1.33. The Bertz CT molecular complexity index is 1300. The fraction of sp³-hybridized carbons (Fsp3) is 0.385. The van der Waals surface area contributed by atoms with Crippen molar-refractivity contribution in [3.8, 4) is 0 Å². The van der Waals surface area contributed by atoms with Crippen LogP contribution in [0.3, 0.4) is 0 Å². The molecule has 2 aromatic rings. The molecule has 0 aliphatic carbocycles. The van der Waals surface area contributed by atoms with E-state index in [9.17, 15) is 29.1 Å². The molecule has 0 radical (unpaired) electrons. The van der Waals surface area contributed by atoms with Gasteiger partial charge in [-0.2, -0.15) is 0 Å². The van der Waals surface area contributed by atoms with Crippen LogP contribution >= 0.6 is 0 Å². The Morgan fingerprint density at radius 2 is 1.81 bits per heavy atom. The van der Waals surface area contributed by atoms with Crippen molar-refractivity contribution < 1.29 is 33.8 Å². The highest BCUT2D eigenvalue weighted by Gasteiger charge is 2.45. The monoisotopic (exact) mass is 506 g/mol. The number of esters is 1. The lowest BCUT2D eigenvalue weighted by Crippen LogP contribution is -2.57. The van der Waals surface area contributed by atoms with Gasteiger partial charge in [-0.05, 0) is 37.1 Å². The number of aromatic nitrogens is 1. The third-order valence-corrected chi connectivity index (χ3v) is 7.02. The Labute approximate surface area is 211 Å². The second-order valence-electron chi connectivity index (χ2n) is 9.37. The van der Waals surface area contributed by atoms with Crippen LogP contribution in [0.15, 0.2) is 48.7 Å². The molecule has 1 aromatic heterocycles. The van der Waals surface area contributed by atoms with Crippen molar-refractivity contribution in [2.45, 2.75) is 62.6 Å². The molecule has 3 aliphatic rings. The van der Waals surface area contributed by atoms with E-state index in [4.69, 9.17) is 0 Å². The summed E-state index contributed by atoms with van der Waals surface area (Å²) >= 11 is 0. The number of rotatable bonds is 5. The maximum absolute atomic E-state index is 13.6. The van der Waals surface area contributed by atoms with E-state index in [1.807, 2.05) is 12.1 Å². The summed E-state index contributed by atoms with van der Waals surface area (Å²) in [5.41, 5.74) is -0.00683. The molecule has 0 bridgehead atoms. The smallest absolute Gasteiger partial charge is 0.310 e. The van der Waals surface area contributed by atoms with E-state index in [0.29, 0.717) is 24.6 Å². The molecule has 3 aliphatic heterocycles. The second-order valence-corrected chi connectivity index (χ2v) is 9.37. The zero-order valence-electron chi connectivity index (χ0n) is 19.8. The summed E-state index contributed by atoms with van der Waals surface area (Å²) in [7, 11) is 0. The molecule has 3 amide bonds. The van der Waals surface area contributed by atoms with Gasteiger partial charge in [-0.25, -0.2) is 0 Å². The maximum atomic E-state index is 13.6. The Morgan fingerprint density at radius 3 is 2.59 bits per heavy atom. The van der Waals surface area contributed by atoms with Gasteiger partial charge in [-0.15, -0.1) is 0 Å². The number of hydrogen-bond donors (Lipinski definition) is 3. The summed E-state index contributed by atoms with van der Waals surface area (Å²) in [4.78, 5) is 69.6. The van der Waals surface area contributed by atoms with Crippen LogP contribution in [0.5, 0.6) is 0 Å². The highest BCUT2D eigenvalue weighted by Crippen LogP contribution is 2.30. The quantitative estimate of drug-likeness (QED) is 0.227. The number of Topliss-reactive ketones (excluding diaryl/α,β-unsaturated/α-hetero) is 1. The first-order valence-corrected chi connectivity index (χ1v) is 12.2. The molecule has 5 rings (SSSR count). The maximum Gasteiger partial charge on any atom is 0.310 e. The standard InChI is InChI=1S/C26H26N4O7/c31-20-13-18(26(36)37-20)29-23(33)19-10-9-15-6-2-4-8-17(25(35)30(15)19)28-24(34)22(32)21-16-7-3-1-5-14(16)11-12-27-21/h1-5,7,11-12,15,17-19,26,36H,6,8-10,13H2,(H,28,34)(H,29,33). The molecular formula is C26H26N4O7. The lowest BCUT2D eigenvalue weighted by atomic mass is 10.0. The van der Waals surface area contributed by atoms with Crippen molar-refractivity contribution in [2.24, 2.45) is 0 Å². The summed E-state index contributed by atoms with van der Waals surface area (Å²) in [5, 5.41) is 16.3. The Hall–Kier alpha value is -4.12. The normalized spacial score (nSPS) is 27.3. The number of pyridine rings is 1. The molecule has 2 fully saturated rings. The number of amides is 3. The predicted molar refractivity (Wildman–Crippen MR) is 129 cm³/mol. The van der Waals surface area contributed by atoms with E-state index in [1.54, 1.807) is 30.3 Å². The summed E-state index contributed by atoms with van der Waals surface area (Å²) < 4.78 is 4.68. The molecular weight excluding hydrogens is 480 g/mol. The fourth-order valence-corrected chi connectivity index (χ4v) is 5.17. The van der Waals surface area contributed by atoms with Gasteiger partial charge < -0.3 is 25.4 Å². The van der Waals surface area contributed by atoms with Gasteiger partial charge in [-0.1, -0.05) is 36.4 Å². The lowest BCUT2D eigenvalue weighted by Gasteiger charge is -2.34. The minimum atomic E-state index is -1.44. The van der Waals surface area contributed by atoms with Crippen molar-refractivity contribution in [3.63, 3.8) is 0 Å². The number of aliphatic hydroxyl groups is 1. The zero-order valence-corrected chi connectivity index (χ0v) is 19.8. The number of benzene rings is 1. The minimum absolute atomic E-state index is 0.00683. The van der Waals surface area contributed by atoms with Gasteiger partial charge in [0.15, 0.2) is 0 Å². The second kappa shape index (κ2) is 10.1. The number of aliphatic hydroxyl groups excluding tert-OH is 1. The zero-order chi connectivity index (χ0) is 26.1. The van der Waals surface area contributed by atoms with E-state index < -0.39 is 53.9 Å². The van der Waals surface area contributed by atoms with Crippen LogP contribution in [0.1, 0.15) is 42.6 Å². The first kappa shape index (κ1) is 24.6. The number of hydrogen-bond acceptors (Lipinski definition) is 8. The number of ether oxygens (including phenoxy) is 1. The molecule has 37 heavy (non-hydrogen) atoms. The molecule has 5 atom stereocenters. The number of nitrogens with one attached hydrogen (secondary N) is 2. The summed E-state index contributed by atoms with van der Waals surface area (Å²) in [6.45, 7) is 0. The number of fused-ring (bicyclic) bond motifs is 2. The molecule has 1 aromatic carbocycles. The molecule has 0 spiro atoms. The van der Waals surface area contributed by atoms with Gasteiger partial charge in [0.2, 0.25) is 18.1 Å². The summed E-state index contributed by atoms with van der Waals surface area (Å²) in [5.74, 6) is -3.43. The van der Waals surface area contributed by atoms with Crippen LogP contribution in [-0.2, 0) is 23.9 Å². The predicted octanol–water partition coefficient (Wildman–Crippen LogP) is 0.362. The molecule has 11 heteroatoms. The summed E-state index contributed by atoms with van der Waals surface area (Å²) in [6.07, 6.45) is 5.17. The van der Waals surface area contributed by atoms with E-state index in [2.05, 4.69) is 20.4 Å². The lowest BCUT2D eigenvalue weighted by molar-refractivity contribution is -0.155. The molecule has 0 saturated carbocycles. The Morgan fingerprint density at radius 1 is 1.03 bits per heavy atom. The van der Waals surface area contributed by atoms with E-state index >= 15 is 0 Å². The van der Waals surface area contributed by atoms with Crippen molar-refractivity contribution >= 4 is 40.2 Å². The number of carbonyl (C=O) groups is 5. The van der Waals surface area contributed by atoms with Crippen LogP contribution in [0.2, 0.25) is 0 Å². The van der Waals surface area contributed by atoms with Crippen molar-refractivity contribution in [1.29, 1.82) is 0 Å². The fourth-order valence-electron chi connectivity index (χ4n) is 5.17. The number of cyclic esters (lactones) is 1. The SMILES string of the molecule is O=C1CC(NC(=O)C2CCC3CC=CCC(NC(=O)C(=O)c4nccc5ccccc45)C(=O)N32)C(O)O1. The van der Waals surface area contributed by atoms with Crippen molar-refractivity contribution in [1.82, 2.24) is 20.5 Å². The molecule has 2 saturated heterocycles. The molecule has 11 nitrogen and oxygen atoms in total. The van der Waals surface area contributed by atoms with E-state index in [-0.39, 0.29) is 24.6 Å². The Kier molecular flexibility index (Phi) is 6.70. The van der Waals surface area contributed by atoms with E-state index in [0.717, 1.165) is 5.39 Å². The topological polar surface area (TPSA) is 155 Å². The van der Waals surface area contributed by atoms with Gasteiger partial charge in [0.25, 0.3) is 11.7 Å². The van der Waals surface area contributed by atoms with Crippen molar-refractivity contribution in [3.05, 3.63) is 54.4 Å². The van der Waals surface area contributed by atoms with Gasteiger partial charge >= 0.3 is 5.97 Å². The van der Waals surface area contributed by atoms with E-state index in [1.165, 1.54) is 11.1 Å². The van der Waals surface area contributed by atoms with Gasteiger partial charge in [-0.3, -0.25) is 29.0 Å². The number of carbonyl (C=O) groups excluding carboxylic acids is 5. The average molecular weight is 507 g/mol. The average Bonchev–Trinajstić information content (AvgIpc) is 3.45. The number of nitrogens with zero attached hydrogens (tertiary/aromatic N) is 2. The van der Waals surface area contributed by atoms with Crippen LogP contribution in [-0.4, -0.2) is 74.9 Å². The third kappa shape index (κ3) is 4.82. The third-order valence-electron chi connectivity index (χ3n) is 7.02. The first-order chi connectivity index (χ1) is 17.8. The molecule has 4 heterocycles. The number of ketones is 1. The summed E-state index contributed by atoms with van der Waals surface area (Å²) in [6, 6.07) is 5.73. The van der Waals surface area contributed by atoms with Crippen molar-refractivity contribution in [2.75, 3.05) is 0 Å². The van der Waals surface area contributed by atoms with Crippen LogP contribution in [0, 0.1) is 0 Å². The van der Waals surface area contributed by atoms with Gasteiger partial charge in [0.05, 0.1) is 6.42 Å². The molecule has 5 unspecified atom stereocenters. The molecule has 192 valence electrons. The van der Waals surface area contributed by atoms with Gasteiger partial charge in [0.1, 0.15) is 23.8 Å². The largest absolute Gasteiger partial charge is 0.434 e. The minimum Gasteiger partial charge on any atom is -0.434 e. The van der Waals surface area contributed by atoms with Gasteiger partial charge in [0, 0.05) is 17.6 Å². The highest BCUT2D eigenvalue weighted by molar-refractivity contribution is 6.44. The highest BCUT2D eigenvalue weighted by atomic mass is 16.6. The molecule has 3 N–H and O–H groups in total. The van der Waals surface area contributed by atoms with Crippen LogP contribution < -0.4 is 10.6 Å². The first-order valence-electron chi connectivity index (χ1n) is 12.2. The van der Waals surface area contributed by atoms with Crippen LogP contribution in [0.25, 0.3) is 10.8 Å².